The Morgan fingerprint density at radius 3 is 2.85 bits per heavy atom. The first-order valence-electron chi connectivity index (χ1n) is 7.18. The van der Waals surface area contributed by atoms with Gasteiger partial charge in [-0.25, -0.2) is 0 Å². The number of unbranched alkanes of at least 4 members (excludes halogenated alkanes) is 1. The van der Waals surface area contributed by atoms with Crippen molar-refractivity contribution >= 4 is 32.7 Å². The monoisotopic (exact) mass is 336 g/mol. The van der Waals surface area contributed by atoms with Gasteiger partial charge in [-0.15, -0.1) is 0 Å². The van der Waals surface area contributed by atoms with E-state index in [1.54, 1.807) is 0 Å². The van der Waals surface area contributed by atoms with Crippen LogP contribution in [0.15, 0.2) is 36.5 Å². The molecule has 0 fully saturated rings. The molecule has 1 N–H and O–H groups in total. The average molecular weight is 337 g/mol. The lowest BCUT2D eigenvalue weighted by atomic mass is 10.2. The highest BCUT2D eigenvalue weighted by atomic mass is 79.9. The Kier molecular flexibility index (Phi) is 6.12. The quantitative estimate of drug-likeness (QED) is 0.578. The molecule has 0 spiro atoms. The second-order valence-electron chi connectivity index (χ2n) is 4.92. The molecule has 1 heterocycles. The molecule has 0 aliphatic carbocycles. The third kappa shape index (κ3) is 4.37. The summed E-state index contributed by atoms with van der Waals surface area (Å²) in [6.07, 6.45) is 5.73. The number of aryl methyl sites for hydroxylation is 1. The fourth-order valence-electron chi connectivity index (χ4n) is 2.28. The van der Waals surface area contributed by atoms with Gasteiger partial charge in [0, 0.05) is 36.6 Å². The van der Waals surface area contributed by atoms with E-state index in [-0.39, 0.29) is 5.91 Å². The SMILES string of the molecule is O=C(CCCCBr)NCCCn1ccc2ccccc21. The van der Waals surface area contributed by atoms with E-state index in [2.05, 4.69) is 62.3 Å². The van der Waals surface area contributed by atoms with Crippen LogP contribution < -0.4 is 5.32 Å². The lowest BCUT2D eigenvalue weighted by Gasteiger charge is -2.07. The Hall–Kier alpha value is -1.29. The molecule has 0 atom stereocenters. The van der Waals surface area contributed by atoms with Gasteiger partial charge in [-0.3, -0.25) is 4.79 Å². The fraction of sp³-hybridized carbons (Fsp3) is 0.438. The highest BCUT2D eigenvalue weighted by Crippen LogP contribution is 2.15. The highest BCUT2D eigenvalue weighted by Gasteiger charge is 2.01. The highest BCUT2D eigenvalue weighted by molar-refractivity contribution is 9.09. The normalized spacial score (nSPS) is 10.8. The van der Waals surface area contributed by atoms with Crippen molar-refractivity contribution in [2.45, 2.75) is 32.2 Å². The van der Waals surface area contributed by atoms with Gasteiger partial charge in [0.25, 0.3) is 0 Å². The summed E-state index contributed by atoms with van der Waals surface area (Å²) in [5.41, 5.74) is 1.26. The maximum absolute atomic E-state index is 11.6. The average Bonchev–Trinajstić information content (AvgIpc) is 2.87. The molecule has 0 aliphatic rings. The molecule has 0 radical (unpaired) electrons. The van der Waals surface area contributed by atoms with Crippen molar-refractivity contribution in [3.8, 4) is 0 Å². The van der Waals surface area contributed by atoms with Gasteiger partial charge >= 0.3 is 0 Å². The molecule has 0 saturated heterocycles. The smallest absolute Gasteiger partial charge is 0.219 e. The van der Waals surface area contributed by atoms with Crippen molar-refractivity contribution in [2.75, 3.05) is 11.9 Å². The summed E-state index contributed by atoms with van der Waals surface area (Å²) in [5, 5.41) is 5.23. The first-order chi connectivity index (χ1) is 9.81. The number of hydrogen-bond donors (Lipinski definition) is 1. The van der Waals surface area contributed by atoms with Crippen LogP contribution in [0.2, 0.25) is 0 Å². The van der Waals surface area contributed by atoms with Crippen molar-refractivity contribution in [3.05, 3.63) is 36.5 Å². The number of nitrogens with zero attached hydrogens (tertiary/aromatic N) is 1. The molecular weight excluding hydrogens is 316 g/mol. The molecule has 0 saturated carbocycles. The van der Waals surface area contributed by atoms with Crippen LogP contribution in [0.1, 0.15) is 25.7 Å². The first-order valence-corrected chi connectivity index (χ1v) is 8.30. The van der Waals surface area contributed by atoms with Gasteiger partial charge in [0.1, 0.15) is 0 Å². The molecule has 0 bridgehead atoms. The molecular formula is C16H21BrN2O. The second kappa shape index (κ2) is 8.10. The summed E-state index contributed by atoms with van der Waals surface area (Å²) < 4.78 is 2.24. The number of carbonyl (C=O) groups is 1. The summed E-state index contributed by atoms with van der Waals surface area (Å²) in [5.74, 6) is 0.170. The van der Waals surface area contributed by atoms with Crippen LogP contribution in [-0.4, -0.2) is 22.3 Å². The summed E-state index contributed by atoms with van der Waals surface area (Å²) >= 11 is 3.37. The van der Waals surface area contributed by atoms with Crippen molar-refractivity contribution in [3.63, 3.8) is 0 Å². The van der Waals surface area contributed by atoms with Crippen molar-refractivity contribution in [1.29, 1.82) is 0 Å². The Balaban J connectivity index is 1.70. The predicted octanol–water partition coefficient (Wildman–Crippen LogP) is 3.71. The van der Waals surface area contributed by atoms with Crippen LogP contribution in [0.4, 0.5) is 0 Å². The summed E-state index contributed by atoms with van der Waals surface area (Å²) in [4.78, 5) is 11.6. The molecule has 1 amide bonds. The van der Waals surface area contributed by atoms with Crippen LogP contribution in [0.3, 0.4) is 0 Å². The Labute approximate surface area is 128 Å². The zero-order chi connectivity index (χ0) is 14.2. The molecule has 0 aliphatic heterocycles. The van der Waals surface area contributed by atoms with E-state index < -0.39 is 0 Å². The Morgan fingerprint density at radius 1 is 1.15 bits per heavy atom. The number of halogens is 1. The number of benzene rings is 1. The van der Waals surface area contributed by atoms with E-state index >= 15 is 0 Å². The number of aromatic nitrogens is 1. The van der Waals surface area contributed by atoms with Crippen molar-refractivity contribution < 1.29 is 4.79 Å². The molecule has 108 valence electrons. The van der Waals surface area contributed by atoms with Gasteiger partial charge in [-0.2, -0.15) is 0 Å². The zero-order valence-electron chi connectivity index (χ0n) is 11.6. The number of para-hydroxylation sites is 1. The van der Waals surface area contributed by atoms with Gasteiger partial charge in [0.2, 0.25) is 5.91 Å². The minimum Gasteiger partial charge on any atom is -0.356 e. The summed E-state index contributed by atoms with van der Waals surface area (Å²) in [6.45, 7) is 1.69. The van der Waals surface area contributed by atoms with E-state index in [1.165, 1.54) is 10.9 Å². The minimum absolute atomic E-state index is 0.170. The van der Waals surface area contributed by atoms with Gasteiger partial charge < -0.3 is 9.88 Å². The number of fused-ring (bicyclic) bond motifs is 1. The van der Waals surface area contributed by atoms with Gasteiger partial charge in [-0.05, 0) is 36.8 Å². The minimum atomic E-state index is 0.170. The maximum atomic E-state index is 11.6. The van der Waals surface area contributed by atoms with Crippen molar-refractivity contribution in [1.82, 2.24) is 9.88 Å². The van der Waals surface area contributed by atoms with Crippen LogP contribution in [0, 0.1) is 0 Å². The molecule has 4 heteroatoms. The third-order valence-corrected chi connectivity index (χ3v) is 3.93. The molecule has 0 unspecified atom stereocenters. The number of carbonyl (C=O) groups excluding carboxylic acids is 1. The maximum Gasteiger partial charge on any atom is 0.219 e. The number of amides is 1. The molecule has 1 aromatic heterocycles. The number of alkyl halides is 1. The molecule has 1 aromatic carbocycles. The van der Waals surface area contributed by atoms with Gasteiger partial charge in [-0.1, -0.05) is 34.1 Å². The molecule has 2 rings (SSSR count). The van der Waals surface area contributed by atoms with E-state index in [0.29, 0.717) is 6.42 Å². The van der Waals surface area contributed by atoms with E-state index in [1.807, 2.05) is 0 Å². The molecule has 20 heavy (non-hydrogen) atoms. The lowest BCUT2D eigenvalue weighted by Crippen LogP contribution is -2.24. The van der Waals surface area contributed by atoms with Crippen LogP contribution in [-0.2, 0) is 11.3 Å². The van der Waals surface area contributed by atoms with Gasteiger partial charge in [0.05, 0.1) is 0 Å². The number of hydrogen-bond acceptors (Lipinski definition) is 1. The van der Waals surface area contributed by atoms with Crippen molar-refractivity contribution in [2.24, 2.45) is 0 Å². The van der Waals surface area contributed by atoms with Crippen LogP contribution in [0.25, 0.3) is 10.9 Å². The Bertz CT molecular complexity index is 550. The first kappa shape index (κ1) is 15.1. The fourth-order valence-corrected chi connectivity index (χ4v) is 2.68. The van der Waals surface area contributed by atoms with Gasteiger partial charge in [0.15, 0.2) is 0 Å². The Morgan fingerprint density at radius 2 is 2.00 bits per heavy atom. The van der Waals surface area contributed by atoms with Crippen LogP contribution in [0.5, 0.6) is 0 Å². The lowest BCUT2D eigenvalue weighted by molar-refractivity contribution is -0.121. The summed E-state index contributed by atoms with van der Waals surface area (Å²) in [7, 11) is 0. The standard InChI is InChI=1S/C16H21BrN2O/c17-10-4-3-8-16(20)18-11-5-12-19-13-9-14-6-1-2-7-15(14)19/h1-2,6-7,9,13H,3-5,8,10-12H2,(H,18,20). The second-order valence-corrected chi connectivity index (χ2v) is 5.71. The number of rotatable bonds is 8. The van der Waals surface area contributed by atoms with E-state index in [9.17, 15) is 4.79 Å². The largest absolute Gasteiger partial charge is 0.356 e. The predicted molar refractivity (Wildman–Crippen MR) is 87.2 cm³/mol. The van der Waals surface area contributed by atoms with Crippen LogP contribution >= 0.6 is 15.9 Å². The van der Waals surface area contributed by atoms with E-state index in [4.69, 9.17) is 0 Å². The topological polar surface area (TPSA) is 34.0 Å². The van der Waals surface area contributed by atoms with E-state index in [0.717, 1.165) is 37.7 Å². The molecule has 3 nitrogen and oxygen atoms in total. The number of nitrogens with one attached hydrogen (secondary N) is 1. The zero-order valence-corrected chi connectivity index (χ0v) is 13.2. The summed E-state index contributed by atoms with van der Waals surface area (Å²) in [6, 6.07) is 10.5. The molecule has 2 aromatic rings. The third-order valence-electron chi connectivity index (χ3n) is 3.37.